The molecule has 1 aromatic carbocycles. The van der Waals surface area contributed by atoms with Gasteiger partial charge in [-0.15, -0.1) is 0 Å². The zero-order valence-corrected chi connectivity index (χ0v) is 10.8. The largest absolute Gasteiger partial charge is 0.478 e. The highest BCUT2D eigenvalue weighted by atomic mass is 32.2. The summed E-state index contributed by atoms with van der Waals surface area (Å²) in [5, 5.41) is 11.5. The van der Waals surface area contributed by atoms with Crippen molar-refractivity contribution in [2.24, 2.45) is 0 Å². The first-order valence-corrected chi connectivity index (χ1v) is 6.46. The molecule has 0 unspecified atom stereocenters. The number of para-hydroxylation sites is 1. The topological polar surface area (TPSA) is 99.3 Å². The number of carboxylic acids is 1. The molecule has 1 saturated heterocycles. The summed E-state index contributed by atoms with van der Waals surface area (Å²) in [6.45, 7) is 0. The van der Waals surface area contributed by atoms with E-state index in [1.165, 1.54) is 6.07 Å². The molecule has 0 spiro atoms. The third-order valence-corrected chi connectivity index (χ3v) is 3.72. The van der Waals surface area contributed by atoms with Crippen molar-refractivity contribution in [3.8, 4) is 0 Å². The minimum Gasteiger partial charge on any atom is -0.478 e. The van der Waals surface area contributed by atoms with Gasteiger partial charge >= 0.3 is 5.97 Å². The number of carbonyl (C=O) groups is 3. The first-order chi connectivity index (χ1) is 9.56. The SMILES string of the molecule is O=C1NC(=O)/C(=C/c2c[nH]c3c(C(=O)O)cccc23)S1. The van der Waals surface area contributed by atoms with Gasteiger partial charge in [0.15, 0.2) is 0 Å². The predicted octanol–water partition coefficient (Wildman–Crippen LogP) is 2.19. The van der Waals surface area contributed by atoms with E-state index in [0.717, 1.165) is 11.8 Å². The maximum Gasteiger partial charge on any atom is 0.337 e. The number of aromatic nitrogens is 1. The zero-order chi connectivity index (χ0) is 14.3. The van der Waals surface area contributed by atoms with Crippen molar-refractivity contribution in [3.05, 3.63) is 40.4 Å². The first-order valence-electron chi connectivity index (χ1n) is 5.64. The Hall–Kier alpha value is -2.54. The Balaban J connectivity index is 2.12. The molecule has 0 atom stereocenters. The Morgan fingerprint density at radius 1 is 1.30 bits per heavy atom. The van der Waals surface area contributed by atoms with Gasteiger partial charge in [-0.2, -0.15) is 0 Å². The smallest absolute Gasteiger partial charge is 0.337 e. The molecule has 100 valence electrons. The zero-order valence-electron chi connectivity index (χ0n) is 9.97. The molecule has 1 fully saturated rings. The number of H-pyrrole nitrogens is 1. The van der Waals surface area contributed by atoms with Gasteiger partial charge < -0.3 is 10.1 Å². The summed E-state index contributed by atoms with van der Waals surface area (Å²) in [6.07, 6.45) is 3.18. The van der Waals surface area contributed by atoms with Gasteiger partial charge in [-0.05, 0) is 23.9 Å². The lowest BCUT2D eigenvalue weighted by Gasteiger charge is -1.97. The maximum absolute atomic E-state index is 11.5. The van der Waals surface area contributed by atoms with Crippen LogP contribution in [0.25, 0.3) is 17.0 Å². The van der Waals surface area contributed by atoms with Crippen LogP contribution in [0.4, 0.5) is 4.79 Å². The monoisotopic (exact) mass is 288 g/mol. The average molecular weight is 288 g/mol. The van der Waals surface area contributed by atoms with Crippen molar-refractivity contribution < 1.29 is 19.5 Å². The van der Waals surface area contributed by atoms with Gasteiger partial charge in [-0.1, -0.05) is 12.1 Å². The maximum atomic E-state index is 11.5. The fourth-order valence-corrected chi connectivity index (χ4v) is 2.71. The van der Waals surface area contributed by atoms with Gasteiger partial charge in [0.1, 0.15) is 0 Å². The highest BCUT2D eigenvalue weighted by Gasteiger charge is 2.25. The Kier molecular flexibility index (Phi) is 2.83. The highest BCUT2D eigenvalue weighted by molar-refractivity contribution is 8.18. The van der Waals surface area contributed by atoms with Crippen molar-refractivity contribution in [1.82, 2.24) is 10.3 Å². The van der Waals surface area contributed by atoms with Crippen molar-refractivity contribution in [2.75, 3.05) is 0 Å². The van der Waals surface area contributed by atoms with Crippen molar-refractivity contribution >= 4 is 45.9 Å². The highest BCUT2D eigenvalue weighted by Crippen LogP contribution is 2.29. The van der Waals surface area contributed by atoms with Crippen LogP contribution in [-0.2, 0) is 4.79 Å². The van der Waals surface area contributed by atoms with Crippen LogP contribution in [0.5, 0.6) is 0 Å². The van der Waals surface area contributed by atoms with E-state index in [9.17, 15) is 14.4 Å². The van der Waals surface area contributed by atoms with Crippen molar-refractivity contribution in [3.63, 3.8) is 0 Å². The molecule has 1 aliphatic rings. The summed E-state index contributed by atoms with van der Waals surface area (Å²) in [5.41, 5.74) is 1.31. The van der Waals surface area contributed by atoms with Crippen LogP contribution in [-0.4, -0.2) is 27.2 Å². The minimum atomic E-state index is -1.03. The van der Waals surface area contributed by atoms with E-state index >= 15 is 0 Å². The van der Waals surface area contributed by atoms with Crippen LogP contribution in [0.1, 0.15) is 15.9 Å². The van der Waals surface area contributed by atoms with Crippen molar-refractivity contribution in [2.45, 2.75) is 0 Å². The summed E-state index contributed by atoms with van der Waals surface area (Å²) in [5.74, 6) is -1.47. The number of carboxylic acid groups (broad SMARTS) is 1. The van der Waals surface area contributed by atoms with E-state index in [0.29, 0.717) is 16.5 Å². The number of amides is 2. The number of carbonyl (C=O) groups excluding carboxylic acids is 2. The van der Waals surface area contributed by atoms with Gasteiger partial charge in [0, 0.05) is 17.1 Å². The lowest BCUT2D eigenvalue weighted by molar-refractivity contribution is -0.115. The van der Waals surface area contributed by atoms with Crippen LogP contribution in [0.3, 0.4) is 0 Å². The standard InChI is InChI=1S/C13H8N2O4S/c16-11-9(20-13(19)15-11)4-6-5-14-10-7(6)2-1-3-8(10)12(17)18/h1-5,14H,(H,17,18)(H,15,16,19)/b9-4-. The third-order valence-electron chi connectivity index (χ3n) is 2.91. The number of rotatable bonds is 2. The molecule has 0 saturated carbocycles. The molecule has 2 amide bonds. The molecule has 2 aromatic rings. The van der Waals surface area contributed by atoms with Crippen molar-refractivity contribution in [1.29, 1.82) is 0 Å². The number of benzene rings is 1. The molecular weight excluding hydrogens is 280 g/mol. The fraction of sp³-hybridized carbons (Fsp3) is 0. The summed E-state index contributed by atoms with van der Waals surface area (Å²) in [6, 6.07) is 4.89. The molecule has 3 N–H and O–H groups in total. The normalized spacial score (nSPS) is 16.9. The number of imide groups is 1. The lowest BCUT2D eigenvalue weighted by atomic mass is 10.1. The van der Waals surface area contributed by atoms with Crippen LogP contribution in [0.2, 0.25) is 0 Å². The number of fused-ring (bicyclic) bond motifs is 1. The fourth-order valence-electron chi connectivity index (χ4n) is 2.04. The Labute approximate surface area is 116 Å². The molecule has 0 bridgehead atoms. The van der Waals surface area contributed by atoms with Crippen LogP contribution >= 0.6 is 11.8 Å². The minimum absolute atomic E-state index is 0.159. The Morgan fingerprint density at radius 2 is 2.10 bits per heavy atom. The van der Waals surface area contributed by atoms with E-state index in [4.69, 9.17) is 5.11 Å². The third kappa shape index (κ3) is 1.97. The molecule has 20 heavy (non-hydrogen) atoms. The van der Waals surface area contributed by atoms with Gasteiger partial charge in [0.05, 0.1) is 16.0 Å². The van der Waals surface area contributed by atoms with E-state index in [2.05, 4.69) is 10.3 Å². The first kappa shape index (κ1) is 12.5. The Bertz CT molecular complexity index is 791. The van der Waals surface area contributed by atoms with E-state index in [-0.39, 0.29) is 10.5 Å². The van der Waals surface area contributed by atoms with Gasteiger partial charge in [0.25, 0.3) is 11.1 Å². The molecule has 2 heterocycles. The van der Waals surface area contributed by atoms with Crippen LogP contribution in [0, 0.1) is 0 Å². The van der Waals surface area contributed by atoms with Gasteiger partial charge in [0.2, 0.25) is 0 Å². The van der Waals surface area contributed by atoms with Crippen LogP contribution in [0.15, 0.2) is 29.3 Å². The predicted molar refractivity (Wildman–Crippen MR) is 74.4 cm³/mol. The summed E-state index contributed by atoms with van der Waals surface area (Å²) >= 11 is 0.822. The van der Waals surface area contributed by atoms with Gasteiger partial charge in [-0.25, -0.2) is 4.79 Å². The molecule has 7 heteroatoms. The average Bonchev–Trinajstić information content (AvgIpc) is 2.94. The van der Waals surface area contributed by atoms with E-state index < -0.39 is 17.1 Å². The Morgan fingerprint density at radius 3 is 2.75 bits per heavy atom. The molecular formula is C13H8N2O4S. The van der Waals surface area contributed by atoms with Gasteiger partial charge in [-0.3, -0.25) is 14.9 Å². The summed E-state index contributed by atoms with van der Waals surface area (Å²) in [4.78, 5) is 36.9. The van der Waals surface area contributed by atoms with E-state index in [1.54, 1.807) is 24.4 Å². The molecule has 3 rings (SSSR count). The second-order valence-corrected chi connectivity index (χ2v) is 5.14. The number of aromatic amines is 1. The molecule has 1 aromatic heterocycles. The second-order valence-electron chi connectivity index (χ2n) is 4.13. The number of nitrogens with one attached hydrogen (secondary N) is 2. The number of hydrogen-bond acceptors (Lipinski definition) is 4. The summed E-state index contributed by atoms with van der Waals surface area (Å²) in [7, 11) is 0. The number of thioether (sulfide) groups is 1. The lowest BCUT2D eigenvalue weighted by Crippen LogP contribution is -2.17. The second kappa shape index (κ2) is 4.53. The number of aromatic carboxylic acids is 1. The molecule has 0 radical (unpaired) electrons. The summed E-state index contributed by atoms with van der Waals surface area (Å²) < 4.78 is 0. The number of hydrogen-bond donors (Lipinski definition) is 3. The molecule has 0 aliphatic carbocycles. The quantitative estimate of drug-likeness (QED) is 0.736. The van der Waals surface area contributed by atoms with E-state index in [1.807, 2.05) is 0 Å². The molecule has 6 nitrogen and oxygen atoms in total. The molecule has 1 aliphatic heterocycles. The van der Waals surface area contributed by atoms with Crippen LogP contribution < -0.4 is 5.32 Å².